The fourth-order valence-electron chi connectivity index (χ4n) is 1.35. The van der Waals surface area contributed by atoms with Crippen LogP contribution in [-0.4, -0.2) is 17.2 Å². The summed E-state index contributed by atoms with van der Waals surface area (Å²) in [6.07, 6.45) is 3.20. The molecule has 0 radical (unpaired) electrons. The van der Waals surface area contributed by atoms with Crippen molar-refractivity contribution in [1.29, 1.82) is 0 Å². The van der Waals surface area contributed by atoms with Crippen LogP contribution in [0.25, 0.3) is 0 Å². The van der Waals surface area contributed by atoms with Crippen LogP contribution in [0.4, 0.5) is 0 Å². The van der Waals surface area contributed by atoms with Gasteiger partial charge in [0.05, 0.1) is 6.21 Å². The first-order valence-electron chi connectivity index (χ1n) is 5.55. The van der Waals surface area contributed by atoms with Crippen LogP contribution in [0.5, 0.6) is 11.6 Å². The quantitative estimate of drug-likeness (QED) is 0.491. The minimum Gasteiger partial charge on any atom is -0.439 e. The molecule has 0 amide bonds. The van der Waals surface area contributed by atoms with Crippen molar-refractivity contribution in [3.63, 3.8) is 0 Å². The Kier molecular flexibility index (Phi) is 4.07. The van der Waals surface area contributed by atoms with E-state index in [9.17, 15) is 0 Å². The van der Waals surface area contributed by atoms with Gasteiger partial charge in [-0.05, 0) is 23.8 Å². The summed E-state index contributed by atoms with van der Waals surface area (Å²) in [5.74, 6) is 1.10. The van der Waals surface area contributed by atoms with Crippen molar-refractivity contribution < 1.29 is 4.74 Å². The summed E-state index contributed by atoms with van der Waals surface area (Å²) >= 11 is 0. The van der Waals surface area contributed by atoms with Gasteiger partial charge < -0.3 is 16.2 Å². The first-order valence-corrected chi connectivity index (χ1v) is 5.55. The van der Waals surface area contributed by atoms with E-state index >= 15 is 0 Å². The molecule has 96 valence electrons. The second-order valence-corrected chi connectivity index (χ2v) is 3.61. The van der Waals surface area contributed by atoms with Crippen molar-refractivity contribution >= 4 is 12.2 Å². The molecule has 0 aliphatic carbocycles. The molecule has 1 aromatic heterocycles. The molecule has 0 aliphatic rings. The second kappa shape index (κ2) is 6.15. The minimum absolute atomic E-state index is 0.0860. The van der Waals surface area contributed by atoms with Crippen LogP contribution >= 0.6 is 0 Å². The molecule has 0 bridgehead atoms. The summed E-state index contributed by atoms with van der Waals surface area (Å²) in [5.41, 5.74) is 11.2. The highest BCUT2D eigenvalue weighted by molar-refractivity contribution is 5.82. The Morgan fingerprint density at radius 1 is 1.16 bits per heavy atom. The number of guanidine groups is 1. The van der Waals surface area contributed by atoms with E-state index in [1.165, 1.54) is 6.21 Å². The lowest BCUT2D eigenvalue weighted by atomic mass is 10.2. The molecule has 1 heterocycles. The number of hydrogen-bond donors (Lipinski definition) is 2. The van der Waals surface area contributed by atoms with E-state index in [-0.39, 0.29) is 5.96 Å². The largest absolute Gasteiger partial charge is 0.439 e. The van der Waals surface area contributed by atoms with E-state index in [0.29, 0.717) is 11.6 Å². The fraction of sp³-hybridized carbons (Fsp3) is 0. The van der Waals surface area contributed by atoms with Gasteiger partial charge in [-0.2, -0.15) is 5.10 Å². The maximum absolute atomic E-state index is 5.59. The molecule has 0 spiro atoms. The van der Waals surface area contributed by atoms with Crippen molar-refractivity contribution in [2.75, 3.05) is 0 Å². The van der Waals surface area contributed by atoms with Crippen LogP contribution in [0.1, 0.15) is 5.56 Å². The molecule has 2 aromatic rings. The van der Waals surface area contributed by atoms with E-state index in [4.69, 9.17) is 16.2 Å². The van der Waals surface area contributed by atoms with Gasteiger partial charge in [0.15, 0.2) is 0 Å². The van der Waals surface area contributed by atoms with Gasteiger partial charge in [0.1, 0.15) is 5.75 Å². The number of rotatable bonds is 4. The van der Waals surface area contributed by atoms with Gasteiger partial charge >= 0.3 is 0 Å². The molecule has 19 heavy (non-hydrogen) atoms. The Balaban J connectivity index is 2.11. The lowest BCUT2D eigenvalue weighted by Crippen LogP contribution is -2.21. The van der Waals surface area contributed by atoms with E-state index in [2.05, 4.69) is 15.2 Å². The van der Waals surface area contributed by atoms with Gasteiger partial charge in [0, 0.05) is 12.3 Å². The molecule has 1 aromatic carbocycles. The van der Waals surface area contributed by atoms with Gasteiger partial charge in [-0.1, -0.05) is 18.2 Å². The van der Waals surface area contributed by atoms with E-state index < -0.39 is 0 Å². The van der Waals surface area contributed by atoms with Crippen LogP contribution in [0, 0.1) is 0 Å². The molecule has 6 nitrogen and oxygen atoms in total. The molecular weight excluding hydrogens is 242 g/mol. The topological polar surface area (TPSA) is 98.9 Å². The number of benzene rings is 1. The number of ether oxygens (including phenoxy) is 1. The SMILES string of the molecule is NC(N)=NN=Cc1cccc(Oc2ccccn2)c1. The Morgan fingerprint density at radius 2 is 2.05 bits per heavy atom. The van der Waals surface area contributed by atoms with Gasteiger partial charge in [-0.3, -0.25) is 0 Å². The van der Waals surface area contributed by atoms with Gasteiger partial charge in [-0.15, -0.1) is 5.10 Å². The summed E-state index contributed by atoms with van der Waals surface area (Å²) in [6.45, 7) is 0. The molecule has 4 N–H and O–H groups in total. The van der Waals surface area contributed by atoms with Crippen molar-refractivity contribution in [2.24, 2.45) is 21.7 Å². The van der Waals surface area contributed by atoms with Crippen LogP contribution in [0.15, 0.2) is 58.9 Å². The lowest BCUT2D eigenvalue weighted by Gasteiger charge is -2.04. The summed E-state index contributed by atoms with van der Waals surface area (Å²) in [6, 6.07) is 12.8. The maximum Gasteiger partial charge on any atom is 0.219 e. The zero-order valence-electron chi connectivity index (χ0n) is 10.1. The van der Waals surface area contributed by atoms with Crippen molar-refractivity contribution in [3.05, 3.63) is 54.2 Å². The summed E-state index contributed by atoms with van der Waals surface area (Å²) in [4.78, 5) is 4.08. The average Bonchev–Trinajstić information content (AvgIpc) is 2.40. The summed E-state index contributed by atoms with van der Waals surface area (Å²) in [7, 11) is 0. The summed E-state index contributed by atoms with van der Waals surface area (Å²) in [5, 5.41) is 7.25. The van der Waals surface area contributed by atoms with Gasteiger partial charge in [0.25, 0.3) is 0 Å². The van der Waals surface area contributed by atoms with Crippen LogP contribution in [-0.2, 0) is 0 Å². The highest BCUT2D eigenvalue weighted by Crippen LogP contribution is 2.19. The van der Waals surface area contributed by atoms with E-state index in [1.807, 2.05) is 30.3 Å². The van der Waals surface area contributed by atoms with Crippen LogP contribution in [0.3, 0.4) is 0 Å². The second-order valence-electron chi connectivity index (χ2n) is 3.61. The van der Waals surface area contributed by atoms with Crippen molar-refractivity contribution in [2.45, 2.75) is 0 Å². The number of aromatic nitrogens is 1. The molecule has 0 atom stereocenters. The van der Waals surface area contributed by atoms with Gasteiger partial charge in [-0.25, -0.2) is 4.98 Å². The molecular formula is C13H13N5O. The molecule has 0 aliphatic heterocycles. The molecule has 0 fully saturated rings. The third kappa shape index (κ3) is 4.12. The van der Waals surface area contributed by atoms with E-state index in [1.54, 1.807) is 18.3 Å². The fourth-order valence-corrected chi connectivity index (χ4v) is 1.35. The first-order chi connectivity index (χ1) is 9.24. The molecule has 0 unspecified atom stereocenters. The monoisotopic (exact) mass is 255 g/mol. The Hall–Kier alpha value is -2.89. The minimum atomic E-state index is -0.0860. The standard InChI is InChI=1S/C13H13N5O/c14-13(15)18-17-9-10-4-3-5-11(8-10)19-12-6-1-2-7-16-12/h1-9H,(H4,14,15,18). The number of nitrogens with two attached hydrogens (primary N) is 2. The zero-order valence-corrected chi connectivity index (χ0v) is 10.1. The Labute approximate surface area is 110 Å². The molecule has 6 heteroatoms. The predicted octanol–water partition coefficient (Wildman–Crippen LogP) is 1.48. The third-order valence-electron chi connectivity index (χ3n) is 2.10. The number of nitrogens with zero attached hydrogens (tertiary/aromatic N) is 3. The predicted molar refractivity (Wildman–Crippen MR) is 74.2 cm³/mol. The summed E-state index contributed by atoms with van der Waals surface area (Å²) < 4.78 is 5.59. The normalized spacial score (nSPS) is 10.3. The smallest absolute Gasteiger partial charge is 0.219 e. The van der Waals surface area contributed by atoms with Crippen molar-refractivity contribution in [3.8, 4) is 11.6 Å². The zero-order chi connectivity index (χ0) is 13.5. The van der Waals surface area contributed by atoms with Gasteiger partial charge in [0.2, 0.25) is 11.8 Å². The molecule has 2 rings (SSSR count). The highest BCUT2D eigenvalue weighted by atomic mass is 16.5. The average molecular weight is 255 g/mol. The lowest BCUT2D eigenvalue weighted by molar-refractivity contribution is 0.463. The van der Waals surface area contributed by atoms with Crippen molar-refractivity contribution in [1.82, 2.24) is 4.98 Å². The van der Waals surface area contributed by atoms with Crippen LogP contribution in [0.2, 0.25) is 0 Å². The number of pyridine rings is 1. The Bertz CT molecular complexity index is 591. The third-order valence-corrected chi connectivity index (χ3v) is 2.10. The maximum atomic E-state index is 5.59. The van der Waals surface area contributed by atoms with Crippen LogP contribution < -0.4 is 16.2 Å². The highest BCUT2D eigenvalue weighted by Gasteiger charge is 1.98. The molecule has 0 saturated heterocycles. The van der Waals surface area contributed by atoms with E-state index in [0.717, 1.165) is 5.56 Å². The first kappa shape index (κ1) is 12.6. The Morgan fingerprint density at radius 3 is 2.79 bits per heavy atom. The number of hydrogen-bond acceptors (Lipinski definition) is 4. The molecule has 0 saturated carbocycles.